The molecule has 5 heteroatoms. The second-order valence-corrected chi connectivity index (χ2v) is 4.68. The van der Waals surface area contributed by atoms with Crippen LogP contribution in [0.2, 0.25) is 0 Å². The first-order valence-electron chi connectivity index (χ1n) is 6.35. The minimum absolute atomic E-state index is 0.817. The summed E-state index contributed by atoms with van der Waals surface area (Å²) in [5, 5.41) is 10.5. The third-order valence-corrected chi connectivity index (χ3v) is 3.44. The molecule has 0 saturated carbocycles. The Morgan fingerprint density at radius 3 is 2.67 bits per heavy atom. The summed E-state index contributed by atoms with van der Waals surface area (Å²) in [6.45, 7) is 2.21. The molecule has 1 saturated heterocycles. The molecule has 5 nitrogen and oxygen atoms in total. The van der Waals surface area contributed by atoms with E-state index in [0.29, 0.717) is 0 Å². The van der Waals surface area contributed by atoms with Gasteiger partial charge in [-0.3, -0.25) is 0 Å². The molecule has 0 bridgehead atoms. The molecule has 3 rings (SSSR count). The van der Waals surface area contributed by atoms with Crippen LogP contribution in [0.5, 0.6) is 0 Å². The van der Waals surface area contributed by atoms with Crippen LogP contribution in [0.15, 0.2) is 24.4 Å². The van der Waals surface area contributed by atoms with Gasteiger partial charge in [-0.15, -0.1) is 0 Å². The van der Waals surface area contributed by atoms with Crippen molar-refractivity contribution in [3.8, 4) is 11.3 Å². The minimum Gasteiger partial charge on any atom is -0.397 e. The second kappa shape index (κ2) is 4.68. The van der Waals surface area contributed by atoms with Gasteiger partial charge >= 0.3 is 0 Å². The van der Waals surface area contributed by atoms with E-state index >= 15 is 0 Å². The van der Waals surface area contributed by atoms with E-state index in [1.54, 1.807) is 6.20 Å². The number of hydrogen-bond donors (Lipinski definition) is 2. The summed E-state index contributed by atoms with van der Waals surface area (Å²) in [6.07, 6.45) is 5.54. The maximum atomic E-state index is 6.16. The number of piperidine rings is 1. The normalized spacial score (nSPS) is 15.9. The Bertz CT molecular complexity index is 514. The summed E-state index contributed by atoms with van der Waals surface area (Å²) in [7, 11) is 0. The van der Waals surface area contributed by atoms with Crippen molar-refractivity contribution in [3.63, 3.8) is 0 Å². The molecule has 1 aromatic carbocycles. The van der Waals surface area contributed by atoms with Gasteiger partial charge in [-0.25, -0.2) is 0 Å². The van der Waals surface area contributed by atoms with Crippen molar-refractivity contribution in [1.29, 1.82) is 0 Å². The van der Waals surface area contributed by atoms with Gasteiger partial charge in [0.15, 0.2) is 0 Å². The minimum atomic E-state index is 0.817. The number of aromatic amines is 1. The smallest absolute Gasteiger partial charge is 0.112 e. The second-order valence-electron chi connectivity index (χ2n) is 4.68. The van der Waals surface area contributed by atoms with Crippen molar-refractivity contribution in [2.24, 2.45) is 0 Å². The maximum Gasteiger partial charge on any atom is 0.112 e. The van der Waals surface area contributed by atoms with Crippen molar-refractivity contribution in [2.45, 2.75) is 19.3 Å². The lowest BCUT2D eigenvalue weighted by Gasteiger charge is -2.29. The number of H-pyrrole nitrogens is 1. The van der Waals surface area contributed by atoms with Crippen LogP contribution in [0, 0.1) is 0 Å². The maximum absolute atomic E-state index is 6.16. The van der Waals surface area contributed by atoms with Crippen LogP contribution in [0.25, 0.3) is 11.3 Å². The summed E-state index contributed by atoms with van der Waals surface area (Å²) in [4.78, 5) is 2.37. The van der Waals surface area contributed by atoms with Gasteiger partial charge in [0.2, 0.25) is 0 Å². The summed E-state index contributed by atoms with van der Waals surface area (Å²) < 4.78 is 0. The molecular weight excluding hydrogens is 226 g/mol. The molecule has 18 heavy (non-hydrogen) atoms. The van der Waals surface area contributed by atoms with Crippen LogP contribution in [0.1, 0.15) is 19.3 Å². The first kappa shape index (κ1) is 11.1. The average molecular weight is 243 g/mol. The molecule has 0 unspecified atom stereocenters. The Kier molecular flexibility index (Phi) is 2.88. The Labute approximate surface area is 106 Å². The largest absolute Gasteiger partial charge is 0.397 e. The summed E-state index contributed by atoms with van der Waals surface area (Å²) in [5.74, 6) is 0. The zero-order valence-corrected chi connectivity index (χ0v) is 10.3. The number of nitrogen functional groups attached to an aromatic ring is 1. The molecule has 1 aromatic heterocycles. The summed E-state index contributed by atoms with van der Waals surface area (Å²) in [6, 6.07) is 6.12. The standard InChI is InChI=1S/C13H17N5/c14-11-8-10(12-9-15-17-16-12)4-5-13(11)18-6-2-1-3-7-18/h4-5,8-9H,1-3,6-7,14H2,(H,15,16,17). The first-order valence-corrected chi connectivity index (χ1v) is 6.35. The zero-order chi connectivity index (χ0) is 12.4. The van der Waals surface area contributed by atoms with E-state index in [2.05, 4.69) is 32.4 Å². The number of hydrogen-bond acceptors (Lipinski definition) is 4. The van der Waals surface area contributed by atoms with E-state index in [1.807, 2.05) is 6.07 Å². The van der Waals surface area contributed by atoms with Crippen LogP contribution in [-0.2, 0) is 0 Å². The number of anilines is 2. The monoisotopic (exact) mass is 243 g/mol. The molecule has 1 fully saturated rings. The fourth-order valence-electron chi connectivity index (χ4n) is 2.48. The molecule has 0 radical (unpaired) electrons. The number of nitrogens with one attached hydrogen (secondary N) is 1. The number of aromatic nitrogens is 3. The zero-order valence-electron chi connectivity index (χ0n) is 10.3. The molecule has 3 N–H and O–H groups in total. The highest BCUT2D eigenvalue weighted by molar-refractivity contribution is 5.75. The number of nitrogens with two attached hydrogens (primary N) is 1. The van der Waals surface area contributed by atoms with Gasteiger partial charge in [0.1, 0.15) is 5.69 Å². The molecular formula is C13H17N5. The van der Waals surface area contributed by atoms with Crippen molar-refractivity contribution in [3.05, 3.63) is 24.4 Å². The van der Waals surface area contributed by atoms with Crippen LogP contribution >= 0.6 is 0 Å². The van der Waals surface area contributed by atoms with E-state index in [4.69, 9.17) is 5.73 Å². The predicted molar refractivity (Wildman–Crippen MR) is 72.3 cm³/mol. The lowest BCUT2D eigenvalue weighted by molar-refractivity contribution is 0.578. The quantitative estimate of drug-likeness (QED) is 0.792. The van der Waals surface area contributed by atoms with E-state index < -0.39 is 0 Å². The Hall–Kier alpha value is -2.04. The SMILES string of the molecule is Nc1cc(-c2cn[nH]n2)ccc1N1CCCCC1. The Balaban J connectivity index is 1.89. The van der Waals surface area contributed by atoms with Crippen molar-refractivity contribution >= 4 is 11.4 Å². The number of nitrogens with zero attached hydrogens (tertiary/aromatic N) is 3. The third kappa shape index (κ3) is 2.03. The van der Waals surface area contributed by atoms with E-state index in [9.17, 15) is 0 Å². The van der Waals surface area contributed by atoms with Crippen LogP contribution in [0.3, 0.4) is 0 Å². The third-order valence-electron chi connectivity index (χ3n) is 3.44. The summed E-state index contributed by atoms with van der Waals surface area (Å²) in [5.41, 5.74) is 9.94. The Morgan fingerprint density at radius 1 is 1.17 bits per heavy atom. The molecule has 0 atom stereocenters. The molecule has 0 spiro atoms. The van der Waals surface area contributed by atoms with Crippen molar-refractivity contribution < 1.29 is 0 Å². The lowest BCUT2D eigenvalue weighted by atomic mass is 10.1. The van der Waals surface area contributed by atoms with Gasteiger partial charge < -0.3 is 10.6 Å². The van der Waals surface area contributed by atoms with Crippen LogP contribution < -0.4 is 10.6 Å². The molecule has 2 heterocycles. The van der Waals surface area contributed by atoms with Crippen LogP contribution in [-0.4, -0.2) is 28.5 Å². The van der Waals surface area contributed by atoms with Gasteiger partial charge in [0, 0.05) is 18.7 Å². The van der Waals surface area contributed by atoms with Gasteiger partial charge in [-0.05, 0) is 31.4 Å². The molecule has 94 valence electrons. The van der Waals surface area contributed by atoms with Gasteiger partial charge in [-0.2, -0.15) is 15.4 Å². The highest BCUT2D eigenvalue weighted by Crippen LogP contribution is 2.30. The summed E-state index contributed by atoms with van der Waals surface area (Å²) >= 11 is 0. The molecule has 1 aliphatic heterocycles. The Morgan fingerprint density at radius 2 is 2.00 bits per heavy atom. The fraction of sp³-hybridized carbons (Fsp3) is 0.385. The first-order chi connectivity index (χ1) is 8.84. The molecule has 0 aliphatic carbocycles. The highest BCUT2D eigenvalue weighted by atomic mass is 15.3. The van der Waals surface area contributed by atoms with E-state index in [1.165, 1.54) is 19.3 Å². The fourth-order valence-corrected chi connectivity index (χ4v) is 2.48. The van der Waals surface area contributed by atoms with Gasteiger partial charge in [0.25, 0.3) is 0 Å². The molecule has 1 aliphatic rings. The average Bonchev–Trinajstić information content (AvgIpc) is 2.93. The molecule has 2 aromatic rings. The van der Waals surface area contributed by atoms with Gasteiger partial charge in [-0.1, -0.05) is 6.07 Å². The van der Waals surface area contributed by atoms with Crippen LogP contribution in [0.4, 0.5) is 11.4 Å². The van der Waals surface area contributed by atoms with E-state index in [-0.39, 0.29) is 0 Å². The lowest BCUT2D eigenvalue weighted by Crippen LogP contribution is -2.29. The van der Waals surface area contributed by atoms with Crippen molar-refractivity contribution in [2.75, 3.05) is 23.7 Å². The highest BCUT2D eigenvalue weighted by Gasteiger charge is 2.14. The number of benzene rings is 1. The topological polar surface area (TPSA) is 70.8 Å². The predicted octanol–water partition coefficient (Wildman–Crippen LogP) is 2.04. The van der Waals surface area contributed by atoms with Gasteiger partial charge in [0.05, 0.1) is 17.6 Å². The number of rotatable bonds is 2. The molecule has 0 amide bonds. The van der Waals surface area contributed by atoms with E-state index in [0.717, 1.165) is 35.7 Å². The van der Waals surface area contributed by atoms with Crippen molar-refractivity contribution in [1.82, 2.24) is 15.4 Å².